The molecule has 100 valence electrons. The molecular weight excluding hydrogens is 224 g/mol. The minimum atomic E-state index is 0.293. The molecule has 0 fully saturated rings. The highest BCUT2D eigenvalue weighted by molar-refractivity contribution is 5.30. The minimum absolute atomic E-state index is 0.293. The van der Waals surface area contributed by atoms with Gasteiger partial charge in [-0.15, -0.1) is 0 Å². The molecule has 3 unspecified atom stereocenters. The van der Waals surface area contributed by atoms with Crippen molar-refractivity contribution in [3.63, 3.8) is 0 Å². The van der Waals surface area contributed by atoms with Gasteiger partial charge < -0.3 is 10.1 Å². The van der Waals surface area contributed by atoms with Crippen LogP contribution in [0.3, 0.4) is 0 Å². The Bertz CT molecular complexity index is 381. The van der Waals surface area contributed by atoms with Gasteiger partial charge >= 0.3 is 0 Å². The minimum Gasteiger partial charge on any atom is -0.382 e. The summed E-state index contributed by atoms with van der Waals surface area (Å²) in [6, 6.07) is 4.73. The highest BCUT2D eigenvalue weighted by atomic mass is 16.5. The number of ether oxygens (including phenoxy) is 1. The van der Waals surface area contributed by atoms with Crippen LogP contribution < -0.4 is 5.32 Å². The summed E-state index contributed by atoms with van der Waals surface area (Å²) in [7, 11) is 1.79. The van der Waals surface area contributed by atoms with E-state index in [-0.39, 0.29) is 0 Å². The van der Waals surface area contributed by atoms with Gasteiger partial charge in [0.2, 0.25) is 0 Å². The second-order valence-corrected chi connectivity index (χ2v) is 5.14. The molecule has 1 aliphatic rings. The van der Waals surface area contributed by atoms with Crippen LogP contribution in [0.1, 0.15) is 43.9 Å². The maximum absolute atomic E-state index is 5.41. The number of fused-ring (bicyclic) bond motifs is 1. The normalized spacial score (nSPS) is 21.6. The maximum Gasteiger partial charge on any atom is 0.0558 e. The molecule has 0 saturated heterocycles. The van der Waals surface area contributed by atoms with Gasteiger partial charge in [0.05, 0.1) is 6.10 Å². The Morgan fingerprint density at radius 1 is 1.56 bits per heavy atom. The van der Waals surface area contributed by atoms with Crippen LogP contribution in [0.2, 0.25) is 0 Å². The number of nitrogens with one attached hydrogen (secondary N) is 1. The van der Waals surface area contributed by atoms with Crippen molar-refractivity contribution in [1.29, 1.82) is 0 Å². The van der Waals surface area contributed by atoms with Crippen molar-refractivity contribution in [2.45, 2.75) is 51.2 Å². The van der Waals surface area contributed by atoms with Gasteiger partial charge in [0.15, 0.2) is 0 Å². The third-order valence-corrected chi connectivity index (χ3v) is 3.94. The summed E-state index contributed by atoms with van der Waals surface area (Å²) in [6.45, 7) is 5.30. The molecule has 3 nitrogen and oxygen atoms in total. The van der Waals surface area contributed by atoms with Crippen LogP contribution in [0.4, 0.5) is 0 Å². The molecule has 3 atom stereocenters. The SMILES string of the molecule is CCNC(CC(C)OC)C1CCc2cccnc21. The number of hydrogen-bond donors (Lipinski definition) is 1. The quantitative estimate of drug-likeness (QED) is 0.840. The number of hydrogen-bond acceptors (Lipinski definition) is 3. The average Bonchev–Trinajstić information content (AvgIpc) is 2.82. The van der Waals surface area contributed by atoms with E-state index < -0.39 is 0 Å². The first-order valence-electron chi connectivity index (χ1n) is 6.96. The Balaban J connectivity index is 2.12. The number of rotatable bonds is 6. The number of likely N-dealkylation sites (N-methyl/N-ethyl adjacent to an activating group) is 1. The van der Waals surface area contributed by atoms with Crippen molar-refractivity contribution in [2.75, 3.05) is 13.7 Å². The van der Waals surface area contributed by atoms with Crippen LogP contribution in [0.25, 0.3) is 0 Å². The van der Waals surface area contributed by atoms with Gasteiger partial charge in [-0.1, -0.05) is 13.0 Å². The molecule has 0 radical (unpaired) electrons. The maximum atomic E-state index is 5.41. The van der Waals surface area contributed by atoms with Gasteiger partial charge in [0, 0.05) is 31.0 Å². The predicted molar refractivity (Wildman–Crippen MR) is 73.9 cm³/mol. The molecule has 1 N–H and O–H groups in total. The zero-order valence-electron chi connectivity index (χ0n) is 11.6. The van der Waals surface area contributed by atoms with E-state index in [0.29, 0.717) is 18.1 Å². The van der Waals surface area contributed by atoms with E-state index in [4.69, 9.17) is 4.74 Å². The molecule has 1 aromatic rings. The van der Waals surface area contributed by atoms with Crippen molar-refractivity contribution < 1.29 is 4.74 Å². The first kappa shape index (κ1) is 13.5. The second-order valence-electron chi connectivity index (χ2n) is 5.14. The zero-order chi connectivity index (χ0) is 13.0. The van der Waals surface area contributed by atoms with Crippen LogP contribution in [0, 0.1) is 0 Å². The van der Waals surface area contributed by atoms with Crippen LogP contribution in [0.5, 0.6) is 0 Å². The first-order valence-corrected chi connectivity index (χ1v) is 6.96. The summed E-state index contributed by atoms with van der Waals surface area (Å²) < 4.78 is 5.41. The fraction of sp³-hybridized carbons (Fsp3) is 0.667. The fourth-order valence-corrected chi connectivity index (χ4v) is 2.94. The van der Waals surface area contributed by atoms with Crippen LogP contribution in [-0.4, -0.2) is 30.8 Å². The molecule has 0 bridgehead atoms. The van der Waals surface area contributed by atoms with E-state index in [9.17, 15) is 0 Å². The predicted octanol–water partition coefficient (Wildman–Crippen LogP) is 2.51. The number of aryl methyl sites for hydroxylation is 1. The van der Waals surface area contributed by atoms with Crippen LogP contribution in [-0.2, 0) is 11.2 Å². The molecule has 0 amide bonds. The van der Waals surface area contributed by atoms with Gasteiger partial charge in [-0.05, 0) is 44.4 Å². The van der Waals surface area contributed by atoms with Crippen molar-refractivity contribution in [3.8, 4) is 0 Å². The summed E-state index contributed by atoms with van der Waals surface area (Å²) in [5, 5.41) is 3.61. The number of methoxy groups -OCH3 is 1. The third-order valence-electron chi connectivity index (χ3n) is 3.94. The van der Waals surface area contributed by atoms with Crippen LogP contribution >= 0.6 is 0 Å². The molecule has 1 aromatic heterocycles. The second kappa shape index (κ2) is 6.30. The lowest BCUT2D eigenvalue weighted by Crippen LogP contribution is -2.37. The number of nitrogens with zero attached hydrogens (tertiary/aromatic N) is 1. The van der Waals surface area contributed by atoms with E-state index in [0.717, 1.165) is 19.4 Å². The Labute approximate surface area is 110 Å². The Kier molecular flexibility index (Phi) is 4.72. The van der Waals surface area contributed by atoms with Crippen molar-refractivity contribution in [2.24, 2.45) is 0 Å². The molecule has 1 aliphatic carbocycles. The lowest BCUT2D eigenvalue weighted by molar-refractivity contribution is 0.0968. The topological polar surface area (TPSA) is 34.1 Å². The van der Waals surface area contributed by atoms with Gasteiger partial charge in [-0.25, -0.2) is 0 Å². The Hall–Kier alpha value is -0.930. The summed E-state index contributed by atoms with van der Waals surface area (Å²) in [5.41, 5.74) is 2.72. The molecule has 0 saturated carbocycles. The van der Waals surface area contributed by atoms with Crippen molar-refractivity contribution in [3.05, 3.63) is 29.6 Å². The molecule has 1 heterocycles. The lowest BCUT2D eigenvalue weighted by atomic mass is 9.92. The summed E-state index contributed by atoms with van der Waals surface area (Å²) in [5.74, 6) is 0.541. The van der Waals surface area contributed by atoms with Crippen molar-refractivity contribution in [1.82, 2.24) is 10.3 Å². The fourth-order valence-electron chi connectivity index (χ4n) is 2.94. The standard InChI is InChI=1S/C15H24N2O/c1-4-16-14(10-11(2)18-3)13-8-7-12-6-5-9-17-15(12)13/h5-6,9,11,13-14,16H,4,7-8,10H2,1-3H3. The van der Waals surface area contributed by atoms with E-state index >= 15 is 0 Å². The Morgan fingerprint density at radius 3 is 3.11 bits per heavy atom. The van der Waals surface area contributed by atoms with Crippen molar-refractivity contribution >= 4 is 0 Å². The highest BCUT2D eigenvalue weighted by Gasteiger charge is 2.31. The Morgan fingerprint density at radius 2 is 2.39 bits per heavy atom. The summed E-state index contributed by atoms with van der Waals surface area (Å²) >= 11 is 0. The van der Waals surface area contributed by atoms with E-state index in [1.54, 1.807) is 7.11 Å². The monoisotopic (exact) mass is 248 g/mol. The van der Waals surface area contributed by atoms with Gasteiger partial charge in [-0.3, -0.25) is 4.98 Å². The highest BCUT2D eigenvalue weighted by Crippen LogP contribution is 2.35. The summed E-state index contributed by atoms with van der Waals surface area (Å²) in [6.07, 6.45) is 5.63. The zero-order valence-corrected chi connectivity index (χ0v) is 11.6. The molecule has 0 aliphatic heterocycles. The van der Waals surface area contributed by atoms with Gasteiger partial charge in [0.25, 0.3) is 0 Å². The summed E-state index contributed by atoms with van der Waals surface area (Å²) in [4.78, 5) is 4.60. The molecule has 0 spiro atoms. The van der Waals surface area contributed by atoms with E-state index in [1.165, 1.54) is 17.7 Å². The largest absolute Gasteiger partial charge is 0.382 e. The molecule has 0 aromatic carbocycles. The molecule has 18 heavy (non-hydrogen) atoms. The number of aromatic nitrogens is 1. The van der Waals surface area contributed by atoms with E-state index in [2.05, 4.69) is 30.2 Å². The smallest absolute Gasteiger partial charge is 0.0558 e. The molecule has 2 rings (SSSR count). The lowest BCUT2D eigenvalue weighted by Gasteiger charge is -2.27. The molecule has 3 heteroatoms. The third kappa shape index (κ3) is 2.90. The molecular formula is C15H24N2O. The first-order chi connectivity index (χ1) is 8.76. The van der Waals surface area contributed by atoms with Crippen LogP contribution in [0.15, 0.2) is 18.3 Å². The average molecular weight is 248 g/mol. The number of pyridine rings is 1. The van der Waals surface area contributed by atoms with E-state index in [1.807, 2.05) is 12.3 Å². The van der Waals surface area contributed by atoms with Gasteiger partial charge in [0.1, 0.15) is 0 Å². The van der Waals surface area contributed by atoms with Gasteiger partial charge in [-0.2, -0.15) is 0 Å².